The lowest BCUT2D eigenvalue weighted by atomic mass is 10.1. The predicted molar refractivity (Wildman–Crippen MR) is 80.1 cm³/mol. The Morgan fingerprint density at radius 3 is 2.77 bits per heavy atom. The number of hydrogen-bond acceptors (Lipinski definition) is 5. The number of aromatic nitrogens is 5. The van der Waals surface area contributed by atoms with Crippen molar-refractivity contribution in [1.29, 1.82) is 0 Å². The zero-order valence-electron chi connectivity index (χ0n) is 12.2. The van der Waals surface area contributed by atoms with Crippen LogP contribution in [0.3, 0.4) is 0 Å². The molecule has 0 aliphatic heterocycles. The number of rotatable bonds is 4. The number of hydrogen-bond donors (Lipinski definition) is 0. The van der Waals surface area contributed by atoms with Gasteiger partial charge in [0.1, 0.15) is 0 Å². The summed E-state index contributed by atoms with van der Waals surface area (Å²) in [7, 11) is 0. The van der Waals surface area contributed by atoms with E-state index in [0.29, 0.717) is 24.0 Å². The fourth-order valence-corrected chi connectivity index (χ4v) is 2.93. The van der Waals surface area contributed by atoms with Crippen molar-refractivity contribution in [1.82, 2.24) is 25.1 Å². The quantitative estimate of drug-likeness (QED) is 0.740. The van der Waals surface area contributed by atoms with Crippen molar-refractivity contribution in [2.75, 3.05) is 0 Å². The summed E-state index contributed by atoms with van der Waals surface area (Å²) in [5, 5.41) is 12.3. The largest absolute Gasteiger partial charge is 0.339 e. The second kappa shape index (κ2) is 5.71. The van der Waals surface area contributed by atoms with Crippen LogP contribution in [-0.4, -0.2) is 25.1 Å². The molecule has 112 valence electrons. The van der Waals surface area contributed by atoms with E-state index in [1.54, 1.807) is 4.68 Å². The first-order chi connectivity index (χ1) is 10.9. The van der Waals surface area contributed by atoms with E-state index in [1.807, 2.05) is 24.4 Å². The van der Waals surface area contributed by atoms with E-state index >= 15 is 0 Å². The Labute approximate surface area is 128 Å². The topological polar surface area (TPSA) is 69.6 Å². The van der Waals surface area contributed by atoms with E-state index < -0.39 is 0 Å². The molecule has 1 saturated carbocycles. The van der Waals surface area contributed by atoms with Crippen molar-refractivity contribution in [3.05, 3.63) is 48.0 Å². The smallest absolute Gasteiger partial charge is 0.230 e. The molecular formula is C16H17N5O. The second-order valence-corrected chi connectivity index (χ2v) is 5.72. The Hall–Kier alpha value is -2.50. The van der Waals surface area contributed by atoms with Crippen LogP contribution in [0.4, 0.5) is 0 Å². The fourth-order valence-electron chi connectivity index (χ4n) is 2.93. The molecule has 1 fully saturated rings. The number of nitrogens with zero attached hydrogens (tertiary/aromatic N) is 5. The Morgan fingerprint density at radius 1 is 1.14 bits per heavy atom. The molecule has 2 aromatic heterocycles. The lowest BCUT2D eigenvalue weighted by Gasteiger charge is -1.99. The highest BCUT2D eigenvalue weighted by Crippen LogP contribution is 2.33. The molecule has 1 aromatic carbocycles. The van der Waals surface area contributed by atoms with Gasteiger partial charge in [-0.1, -0.05) is 53.5 Å². The van der Waals surface area contributed by atoms with Crippen molar-refractivity contribution in [2.24, 2.45) is 0 Å². The van der Waals surface area contributed by atoms with Gasteiger partial charge in [-0.2, -0.15) is 4.98 Å². The lowest BCUT2D eigenvalue weighted by molar-refractivity contribution is 0.354. The molecule has 2 heterocycles. The van der Waals surface area contributed by atoms with Crippen LogP contribution in [0.15, 0.2) is 41.1 Å². The van der Waals surface area contributed by atoms with E-state index in [0.717, 1.165) is 18.7 Å². The first kappa shape index (κ1) is 13.2. The molecule has 0 amide bonds. The molecule has 22 heavy (non-hydrogen) atoms. The maximum absolute atomic E-state index is 5.39. The summed E-state index contributed by atoms with van der Waals surface area (Å²) in [5.41, 5.74) is 1.84. The Kier molecular flexibility index (Phi) is 3.42. The van der Waals surface area contributed by atoms with Crippen molar-refractivity contribution < 1.29 is 4.52 Å². The minimum Gasteiger partial charge on any atom is -0.339 e. The molecule has 0 N–H and O–H groups in total. The van der Waals surface area contributed by atoms with Crippen LogP contribution in [0.25, 0.3) is 11.5 Å². The third-order valence-electron chi connectivity index (χ3n) is 4.10. The first-order valence-corrected chi connectivity index (χ1v) is 7.66. The maximum Gasteiger partial charge on any atom is 0.230 e. The normalized spacial score (nSPS) is 15.5. The van der Waals surface area contributed by atoms with Crippen LogP contribution in [0.1, 0.15) is 43.1 Å². The molecule has 0 spiro atoms. The molecule has 0 atom stereocenters. The van der Waals surface area contributed by atoms with E-state index in [2.05, 4.69) is 32.6 Å². The molecule has 1 aliphatic carbocycles. The molecule has 3 aromatic rings. The summed E-state index contributed by atoms with van der Waals surface area (Å²) in [5.74, 6) is 1.69. The van der Waals surface area contributed by atoms with Crippen molar-refractivity contribution >= 4 is 0 Å². The van der Waals surface area contributed by atoms with Crippen LogP contribution in [-0.2, 0) is 6.54 Å². The monoisotopic (exact) mass is 295 g/mol. The lowest BCUT2D eigenvalue weighted by Crippen LogP contribution is -1.99. The molecule has 0 saturated heterocycles. The third kappa shape index (κ3) is 2.64. The van der Waals surface area contributed by atoms with Gasteiger partial charge in [0.2, 0.25) is 11.7 Å². The van der Waals surface area contributed by atoms with Gasteiger partial charge in [0, 0.05) is 5.92 Å². The summed E-state index contributed by atoms with van der Waals surface area (Å²) in [6.45, 7) is 0.682. The van der Waals surface area contributed by atoms with E-state index in [1.165, 1.54) is 18.4 Å². The highest BCUT2D eigenvalue weighted by atomic mass is 16.5. The van der Waals surface area contributed by atoms with Crippen molar-refractivity contribution in [3.8, 4) is 11.5 Å². The summed E-state index contributed by atoms with van der Waals surface area (Å²) >= 11 is 0. The minimum absolute atomic E-state index is 0.417. The Bertz CT molecular complexity index is 743. The molecular weight excluding hydrogens is 278 g/mol. The van der Waals surface area contributed by atoms with Gasteiger partial charge >= 0.3 is 0 Å². The van der Waals surface area contributed by atoms with Crippen LogP contribution in [0.2, 0.25) is 0 Å². The molecule has 6 heteroatoms. The van der Waals surface area contributed by atoms with Crippen LogP contribution < -0.4 is 0 Å². The van der Waals surface area contributed by atoms with Crippen LogP contribution >= 0.6 is 0 Å². The van der Waals surface area contributed by atoms with E-state index in [-0.39, 0.29) is 0 Å². The Morgan fingerprint density at radius 2 is 1.95 bits per heavy atom. The molecule has 6 nitrogen and oxygen atoms in total. The van der Waals surface area contributed by atoms with Gasteiger partial charge in [-0.3, -0.25) is 0 Å². The SMILES string of the molecule is c1ccc(Cn2cc(-c3noc(C4CCCC4)n3)nn2)cc1. The summed E-state index contributed by atoms with van der Waals surface area (Å²) in [4.78, 5) is 4.49. The highest BCUT2D eigenvalue weighted by Gasteiger charge is 2.23. The second-order valence-electron chi connectivity index (χ2n) is 5.72. The zero-order chi connectivity index (χ0) is 14.8. The first-order valence-electron chi connectivity index (χ1n) is 7.66. The summed E-state index contributed by atoms with van der Waals surface area (Å²) < 4.78 is 7.18. The van der Waals surface area contributed by atoms with Crippen LogP contribution in [0.5, 0.6) is 0 Å². The van der Waals surface area contributed by atoms with Gasteiger partial charge in [-0.05, 0) is 18.4 Å². The van der Waals surface area contributed by atoms with Gasteiger partial charge in [-0.15, -0.1) is 5.10 Å². The summed E-state index contributed by atoms with van der Waals surface area (Å²) in [6.07, 6.45) is 6.63. The van der Waals surface area contributed by atoms with Crippen LogP contribution in [0, 0.1) is 0 Å². The molecule has 0 radical (unpaired) electrons. The molecule has 0 unspecified atom stereocenters. The van der Waals surface area contributed by atoms with Crippen molar-refractivity contribution in [3.63, 3.8) is 0 Å². The highest BCUT2D eigenvalue weighted by molar-refractivity contribution is 5.45. The fraction of sp³-hybridized carbons (Fsp3) is 0.375. The number of benzene rings is 1. The molecule has 1 aliphatic rings. The van der Waals surface area contributed by atoms with Crippen molar-refractivity contribution in [2.45, 2.75) is 38.1 Å². The Balaban J connectivity index is 1.51. The predicted octanol–water partition coefficient (Wildman–Crippen LogP) is 3.03. The van der Waals surface area contributed by atoms with Gasteiger partial charge in [0.25, 0.3) is 0 Å². The van der Waals surface area contributed by atoms with Gasteiger partial charge in [0.15, 0.2) is 5.69 Å². The maximum atomic E-state index is 5.39. The van der Waals surface area contributed by atoms with E-state index in [9.17, 15) is 0 Å². The zero-order valence-corrected chi connectivity index (χ0v) is 12.2. The van der Waals surface area contributed by atoms with Gasteiger partial charge < -0.3 is 4.52 Å². The van der Waals surface area contributed by atoms with E-state index in [4.69, 9.17) is 4.52 Å². The van der Waals surface area contributed by atoms with Gasteiger partial charge in [-0.25, -0.2) is 4.68 Å². The third-order valence-corrected chi connectivity index (χ3v) is 4.10. The molecule has 0 bridgehead atoms. The standard InChI is InChI=1S/C16H17N5O/c1-2-6-12(7-3-1)10-21-11-14(18-20-21)15-17-16(22-19-15)13-8-4-5-9-13/h1-3,6-7,11,13H,4-5,8-10H2. The molecule has 4 rings (SSSR count). The van der Waals surface area contributed by atoms with Gasteiger partial charge in [0.05, 0.1) is 12.7 Å². The average molecular weight is 295 g/mol. The minimum atomic E-state index is 0.417. The summed E-state index contributed by atoms with van der Waals surface area (Å²) in [6, 6.07) is 10.2. The average Bonchev–Trinajstić information content (AvgIpc) is 3.29.